The number of esters is 2. The zero-order chi connectivity index (χ0) is 45.4. The van der Waals surface area contributed by atoms with Crippen LogP contribution < -0.4 is 0 Å². The van der Waals surface area contributed by atoms with Gasteiger partial charge in [-0.2, -0.15) is 0 Å². The molecule has 11 unspecified atom stereocenters. The van der Waals surface area contributed by atoms with Gasteiger partial charge in [0.05, 0.1) is 19.8 Å². The van der Waals surface area contributed by atoms with E-state index in [4.69, 9.17) is 28.4 Å². The quantitative estimate of drug-likeness (QED) is 0.0221. The third kappa shape index (κ3) is 24.0. The van der Waals surface area contributed by atoms with E-state index < -0.39 is 92.7 Å². The lowest BCUT2D eigenvalue weighted by Crippen LogP contribution is -2.61. The molecule has 0 bridgehead atoms. The maximum absolute atomic E-state index is 12.9. The number of allylic oxidation sites excluding steroid dienone is 2. The first-order chi connectivity index (χ1) is 30.0. The van der Waals surface area contributed by atoms with Crippen LogP contribution >= 0.6 is 0 Å². The number of carbonyl (C=O) groups is 2. The highest BCUT2D eigenvalue weighted by Crippen LogP contribution is 2.26. The Hall–Kier alpha value is -1.76. The Balaban J connectivity index is 1.73. The molecule has 15 heteroatoms. The minimum Gasteiger partial charge on any atom is -0.462 e. The third-order valence-corrected chi connectivity index (χ3v) is 11.7. The average molecular weight is 891 g/mol. The van der Waals surface area contributed by atoms with Crippen LogP contribution in [0.25, 0.3) is 0 Å². The Morgan fingerprint density at radius 1 is 0.500 bits per heavy atom. The monoisotopic (exact) mass is 891 g/mol. The number of hydrogen-bond donors (Lipinski definition) is 7. The lowest BCUT2D eigenvalue weighted by Gasteiger charge is -2.42. The molecule has 0 spiro atoms. The average Bonchev–Trinajstić information content (AvgIpc) is 3.26. The van der Waals surface area contributed by atoms with E-state index in [1.807, 2.05) is 0 Å². The molecule has 0 aromatic carbocycles. The van der Waals surface area contributed by atoms with Crippen LogP contribution in [0.15, 0.2) is 12.2 Å². The molecule has 0 amide bonds. The summed E-state index contributed by atoms with van der Waals surface area (Å²) in [5.74, 6) is -0.936. The van der Waals surface area contributed by atoms with Crippen molar-refractivity contribution in [1.29, 1.82) is 0 Å². The molecule has 2 rings (SSSR count). The number of hydrogen-bond acceptors (Lipinski definition) is 15. The van der Waals surface area contributed by atoms with Gasteiger partial charge in [0.2, 0.25) is 0 Å². The molecule has 62 heavy (non-hydrogen) atoms. The van der Waals surface area contributed by atoms with E-state index in [-0.39, 0.29) is 26.1 Å². The summed E-state index contributed by atoms with van der Waals surface area (Å²) >= 11 is 0. The standard InChI is InChI=1S/C47H86O15/c1-3-5-7-9-10-11-12-13-14-15-16-17-18-19-20-21-22-23-24-26-28-30-39(50)60-35(32-57-38(49)29-27-25-8-6-4-2)33-58-46-45(56)43(54)41(52)37(62-46)34-59-47-44(55)42(53)40(51)36(31-48)61-47/h15-16,35-37,40-48,51-56H,3-14,17-34H2,1-2H3/b16-15-. The Kier molecular flexibility index (Phi) is 32.3. The second kappa shape index (κ2) is 35.5. The van der Waals surface area contributed by atoms with Crippen LogP contribution in [0.1, 0.15) is 181 Å². The molecule has 2 aliphatic rings. The van der Waals surface area contributed by atoms with Gasteiger partial charge in [-0.3, -0.25) is 9.59 Å². The van der Waals surface area contributed by atoms with Crippen LogP contribution in [-0.4, -0.2) is 142 Å². The van der Waals surface area contributed by atoms with Crippen LogP contribution in [0.4, 0.5) is 0 Å². The van der Waals surface area contributed by atoms with E-state index in [1.54, 1.807) is 0 Å². The molecule has 0 saturated carbocycles. The van der Waals surface area contributed by atoms with Crippen LogP contribution in [0.2, 0.25) is 0 Å². The molecule has 0 aromatic rings. The predicted octanol–water partition coefficient (Wildman–Crippen LogP) is 5.82. The molecule has 15 nitrogen and oxygen atoms in total. The van der Waals surface area contributed by atoms with E-state index in [0.717, 1.165) is 51.4 Å². The number of unbranched alkanes of at least 4 members (excludes halogenated alkanes) is 21. The summed E-state index contributed by atoms with van der Waals surface area (Å²) in [7, 11) is 0. The maximum atomic E-state index is 12.9. The predicted molar refractivity (Wildman–Crippen MR) is 234 cm³/mol. The van der Waals surface area contributed by atoms with Crippen molar-refractivity contribution in [3.8, 4) is 0 Å². The minimum absolute atomic E-state index is 0.166. The van der Waals surface area contributed by atoms with E-state index in [2.05, 4.69) is 26.0 Å². The fourth-order valence-corrected chi connectivity index (χ4v) is 7.68. The van der Waals surface area contributed by atoms with Crippen LogP contribution in [-0.2, 0) is 38.0 Å². The second-order valence-electron chi connectivity index (χ2n) is 17.3. The first-order valence-corrected chi connectivity index (χ1v) is 24.3. The van der Waals surface area contributed by atoms with Crippen LogP contribution in [0.3, 0.4) is 0 Å². The normalized spacial score (nSPS) is 27.1. The van der Waals surface area contributed by atoms with Gasteiger partial charge in [-0.05, 0) is 38.5 Å². The molecular weight excluding hydrogens is 805 g/mol. The summed E-state index contributed by atoms with van der Waals surface area (Å²) in [5.41, 5.74) is 0. The Labute approximate surface area is 371 Å². The molecule has 0 aromatic heterocycles. The number of carbonyl (C=O) groups excluding carboxylic acids is 2. The largest absolute Gasteiger partial charge is 0.462 e. The van der Waals surface area contributed by atoms with E-state index in [0.29, 0.717) is 12.8 Å². The maximum Gasteiger partial charge on any atom is 0.306 e. The van der Waals surface area contributed by atoms with Crippen molar-refractivity contribution in [2.75, 3.05) is 26.4 Å². The van der Waals surface area contributed by atoms with Gasteiger partial charge in [-0.1, -0.05) is 142 Å². The van der Waals surface area contributed by atoms with Gasteiger partial charge in [0.1, 0.15) is 55.4 Å². The molecule has 7 N–H and O–H groups in total. The topological polar surface area (TPSA) is 231 Å². The number of aliphatic hydroxyl groups is 7. The Morgan fingerprint density at radius 2 is 0.919 bits per heavy atom. The third-order valence-electron chi connectivity index (χ3n) is 11.7. The second-order valence-corrected chi connectivity index (χ2v) is 17.3. The number of aliphatic hydroxyl groups excluding tert-OH is 7. The summed E-state index contributed by atoms with van der Waals surface area (Å²) in [6, 6.07) is 0. The van der Waals surface area contributed by atoms with Crippen molar-refractivity contribution < 1.29 is 73.8 Å². The smallest absolute Gasteiger partial charge is 0.306 e. The number of ether oxygens (including phenoxy) is 6. The molecule has 2 heterocycles. The molecule has 11 atom stereocenters. The summed E-state index contributed by atoms with van der Waals surface area (Å²) in [6.45, 7) is 2.49. The highest BCUT2D eigenvalue weighted by Gasteiger charge is 2.47. The molecule has 364 valence electrons. The lowest BCUT2D eigenvalue weighted by atomic mass is 9.98. The first kappa shape index (κ1) is 56.4. The molecule has 2 saturated heterocycles. The summed E-state index contributed by atoms with van der Waals surface area (Å²) < 4.78 is 33.3. The number of rotatable bonds is 37. The fourth-order valence-electron chi connectivity index (χ4n) is 7.68. The van der Waals surface area contributed by atoms with Gasteiger partial charge in [0.15, 0.2) is 18.7 Å². The van der Waals surface area contributed by atoms with Crippen molar-refractivity contribution in [3.05, 3.63) is 12.2 Å². The summed E-state index contributed by atoms with van der Waals surface area (Å²) in [4.78, 5) is 25.4. The molecular formula is C47H86O15. The molecule has 0 radical (unpaired) electrons. The lowest BCUT2D eigenvalue weighted by molar-refractivity contribution is -0.332. The van der Waals surface area contributed by atoms with Crippen molar-refractivity contribution in [1.82, 2.24) is 0 Å². The van der Waals surface area contributed by atoms with E-state index >= 15 is 0 Å². The van der Waals surface area contributed by atoms with E-state index in [9.17, 15) is 45.3 Å². The highest BCUT2D eigenvalue weighted by molar-refractivity contribution is 5.70. The first-order valence-electron chi connectivity index (χ1n) is 24.3. The van der Waals surface area contributed by atoms with Crippen LogP contribution in [0, 0.1) is 0 Å². The van der Waals surface area contributed by atoms with Crippen molar-refractivity contribution in [3.63, 3.8) is 0 Å². The zero-order valence-corrected chi connectivity index (χ0v) is 38.1. The van der Waals surface area contributed by atoms with Gasteiger partial charge in [-0.15, -0.1) is 0 Å². The minimum atomic E-state index is -1.76. The molecule has 2 aliphatic heterocycles. The van der Waals surface area contributed by atoms with E-state index in [1.165, 1.54) is 89.9 Å². The van der Waals surface area contributed by atoms with Gasteiger partial charge in [0, 0.05) is 12.8 Å². The van der Waals surface area contributed by atoms with Crippen molar-refractivity contribution in [2.45, 2.75) is 248 Å². The van der Waals surface area contributed by atoms with Crippen LogP contribution in [0.5, 0.6) is 0 Å². The molecule has 2 fully saturated rings. The zero-order valence-electron chi connectivity index (χ0n) is 38.1. The Morgan fingerprint density at radius 3 is 1.42 bits per heavy atom. The van der Waals surface area contributed by atoms with Crippen molar-refractivity contribution in [2.24, 2.45) is 0 Å². The van der Waals surface area contributed by atoms with Gasteiger partial charge < -0.3 is 64.2 Å². The fraction of sp³-hybridized carbons (Fsp3) is 0.915. The SMILES string of the molecule is CCCCCCCCCC/C=C\CCCCCCCCCCCC(=O)OC(COC(=O)CCCCCCC)COC1OC(COC2OC(CO)C(O)C(O)C2O)C(O)C(O)C1O. The van der Waals surface area contributed by atoms with Gasteiger partial charge >= 0.3 is 11.9 Å². The van der Waals surface area contributed by atoms with Gasteiger partial charge in [-0.25, -0.2) is 0 Å². The molecule has 0 aliphatic carbocycles. The highest BCUT2D eigenvalue weighted by atomic mass is 16.7. The van der Waals surface area contributed by atoms with Crippen molar-refractivity contribution >= 4 is 11.9 Å². The Bertz CT molecular complexity index is 1140. The van der Waals surface area contributed by atoms with Gasteiger partial charge in [0.25, 0.3) is 0 Å². The summed E-state index contributed by atoms with van der Waals surface area (Å²) in [5, 5.41) is 71.7. The summed E-state index contributed by atoms with van der Waals surface area (Å²) in [6.07, 6.45) is 16.0.